The Hall–Kier alpha value is -4.98. The molecular formula is C32H26O8. The van der Waals surface area contributed by atoms with Crippen molar-refractivity contribution in [2.45, 2.75) is 23.7 Å². The van der Waals surface area contributed by atoms with E-state index in [1.165, 1.54) is 20.3 Å². The summed E-state index contributed by atoms with van der Waals surface area (Å²) >= 11 is 0. The molecule has 0 saturated heterocycles. The molecule has 2 aliphatic rings. The number of hydrogen-bond donors (Lipinski definition) is 0. The van der Waals surface area contributed by atoms with E-state index in [1.807, 2.05) is 12.1 Å². The van der Waals surface area contributed by atoms with Crippen LogP contribution in [0.4, 0.5) is 0 Å². The van der Waals surface area contributed by atoms with Gasteiger partial charge in [0.15, 0.2) is 0 Å². The molecule has 0 amide bonds. The minimum Gasteiger partial charge on any atom is -0.466 e. The molecular weight excluding hydrogens is 512 g/mol. The molecule has 0 bridgehead atoms. The largest absolute Gasteiger partial charge is 0.466 e. The number of ether oxygens (including phenoxy) is 4. The van der Waals surface area contributed by atoms with Crippen molar-refractivity contribution in [1.29, 1.82) is 0 Å². The second-order valence-corrected chi connectivity index (χ2v) is 9.71. The van der Waals surface area contributed by atoms with E-state index in [0.29, 0.717) is 22.3 Å². The summed E-state index contributed by atoms with van der Waals surface area (Å²) < 4.78 is 21.2. The molecule has 0 saturated carbocycles. The number of fused-ring (bicyclic) bond motifs is 2. The molecule has 3 aromatic rings. The number of esters is 4. The number of methoxy groups -OCH3 is 2. The predicted octanol–water partition coefficient (Wildman–Crippen LogP) is 4.34. The summed E-state index contributed by atoms with van der Waals surface area (Å²) in [5.74, 6) is -2.17. The van der Waals surface area contributed by atoms with Gasteiger partial charge in [-0.2, -0.15) is 0 Å². The van der Waals surface area contributed by atoms with Crippen LogP contribution < -0.4 is 9.47 Å². The molecule has 8 heteroatoms. The van der Waals surface area contributed by atoms with Gasteiger partial charge in [-0.1, -0.05) is 73.8 Å². The van der Waals surface area contributed by atoms with E-state index in [4.69, 9.17) is 18.9 Å². The average molecular weight is 539 g/mol. The van der Waals surface area contributed by atoms with Gasteiger partial charge in [0.25, 0.3) is 0 Å². The van der Waals surface area contributed by atoms with Gasteiger partial charge in [0.1, 0.15) is 22.3 Å². The number of benzene rings is 3. The van der Waals surface area contributed by atoms with Crippen molar-refractivity contribution in [3.05, 3.63) is 119 Å². The van der Waals surface area contributed by atoms with Crippen molar-refractivity contribution < 1.29 is 38.1 Å². The molecule has 0 radical (unpaired) electrons. The number of carbonyl (C=O) groups excluding carboxylic acids is 4. The fourth-order valence-corrected chi connectivity index (χ4v) is 5.60. The average Bonchev–Trinajstić information content (AvgIpc) is 3.41. The summed E-state index contributed by atoms with van der Waals surface area (Å²) in [4.78, 5) is 52.3. The molecule has 0 aliphatic carbocycles. The first-order valence-electron chi connectivity index (χ1n) is 12.5. The summed E-state index contributed by atoms with van der Waals surface area (Å²) in [6, 6.07) is 21.0. The smallest absolute Gasteiger partial charge is 0.333 e. The van der Waals surface area contributed by atoms with Gasteiger partial charge in [0.05, 0.1) is 14.2 Å². The molecule has 0 spiro atoms. The first kappa shape index (κ1) is 26.6. The lowest BCUT2D eigenvalue weighted by Gasteiger charge is -2.30. The quantitative estimate of drug-likeness (QED) is 0.237. The summed E-state index contributed by atoms with van der Waals surface area (Å²) in [6.45, 7) is 7.74. The second kappa shape index (κ2) is 9.96. The summed E-state index contributed by atoms with van der Waals surface area (Å²) in [5.41, 5.74) is -0.815. The van der Waals surface area contributed by atoms with Gasteiger partial charge in [-0.05, 0) is 17.2 Å². The van der Waals surface area contributed by atoms with Crippen LogP contribution in [0.1, 0.15) is 35.1 Å². The molecule has 2 atom stereocenters. The van der Waals surface area contributed by atoms with Crippen LogP contribution in [-0.4, -0.2) is 38.1 Å². The van der Waals surface area contributed by atoms with Crippen molar-refractivity contribution in [2.75, 3.05) is 14.2 Å². The van der Waals surface area contributed by atoms with E-state index >= 15 is 0 Å². The standard InChI is InChI=1S/C32H26O8/c1-19(27(33)37-3)17-31(21-11-7-5-8-12-21)23-15-24-26(16-25(23)39-29(31)35)40-30(36)32(24,18-20(2)28(34)38-4)22-13-9-6-10-14-22/h5-16H,1-2,17-18H2,3-4H3. The van der Waals surface area contributed by atoms with Gasteiger partial charge in [-0.3, -0.25) is 9.59 Å². The first-order valence-corrected chi connectivity index (χ1v) is 12.5. The number of hydrogen-bond acceptors (Lipinski definition) is 8. The van der Waals surface area contributed by atoms with Crippen LogP contribution in [0.2, 0.25) is 0 Å². The summed E-state index contributed by atoms with van der Waals surface area (Å²) in [5, 5.41) is 0. The Morgan fingerprint density at radius 2 is 1.05 bits per heavy atom. The van der Waals surface area contributed by atoms with Gasteiger partial charge in [0, 0.05) is 41.2 Å². The van der Waals surface area contributed by atoms with E-state index in [9.17, 15) is 19.2 Å². The SMILES string of the molecule is C=C(CC1(c2ccccc2)C(=O)Oc2cc3c(cc21)C(CC(=C)C(=O)OC)(c1ccccc1)C(=O)O3)C(=O)OC. The molecule has 2 heterocycles. The lowest BCUT2D eigenvalue weighted by molar-refractivity contribution is -0.139. The predicted molar refractivity (Wildman–Crippen MR) is 144 cm³/mol. The zero-order chi connectivity index (χ0) is 28.7. The van der Waals surface area contributed by atoms with Gasteiger partial charge in [-0.15, -0.1) is 0 Å². The third kappa shape index (κ3) is 3.91. The third-order valence-electron chi connectivity index (χ3n) is 7.54. The summed E-state index contributed by atoms with van der Waals surface area (Å²) in [6.07, 6.45) is -0.257. The highest BCUT2D eigenvalue weighted by Crippen LogP contribution is 2.55. The Bertz CT molecular complexity index is 1460. The number of rotatable bonds is 8. The van der Waals surface area contributed by atoms with Crippen LogP contribution in [0.5, 0.6) is 11.5 Å². The highest BCUT2D eigenvalue weighted by molar-refractivity contribution is 6.01. The van der Waals surface area contributed by atoms with Crippen LogP contribution in [0, 0.1) is 0 Å². The highest BCUT2D eigenvalue weighted by Gasteiger charge is 2.56. The molecule has 40 heavy (non-hydrogen) atoms. The zero-order valence-corrected chi connectivity index (χ0v) is 22.0. The van der Waals surface area contributed by atoms with Crippen molar-refractivity contribution in [1.82, 2.24) is 0 Å². The van der Waals surface area contributed by atoms with Crippen LogP contribution in [0.3, 0.4) is 0 Å². The molecule has 0 N–H and O–H groups in total. The van der Waals surface area contributed by atoms with Gasteiger partial charge >= 0.3 is 23.9 Å². The van der Waals surface area contributed by atoms with Crippen LogP contribution in [0.15, 0.2) is 97.1 Å². The Morgan fingerprint density at radius 1 is 0.675 bits per heavy atom. The molecule has 8 nitrogen and oxygen atoms in total. The maximum Gasteiger partial charge on any atom is 0.333 e. The fraction of sp³-hybridized carbons (Fsp3) is 0.188. The lowest BCUT2D eigenvalue weighted by atomic mass is 9.67. The molecule has 2 unspecified atom stereocenters. The van der Waals surface area contributed by atoms with E-state index in [1.54, 1.807) is 54.6 Å². The van der Waals surface area contributed by atoms with Crippen molar-refractivity contribution in [2.24, 2.45) is 0 Å². The Kier molecular flexibility index (Phi) is 6.63. The van der Waals surface area contributed by atoms with Crippen molar-refractivity contribution >= 4 is 23.9 Å². The second-order valence-electron chi connectivity index (χ2n) is 9.71. The fourth-order valence-electron chi connectivity index (χ4n) is 5.60. The lowest BCUT2D eigenvalue weighted by Crippen LogP contribution is -2.38. The monoisotopic (exact) mass is 538 g/mol. The zero-order valence-electron chi connectivity index (χ0n) is 22.0. The normalized spacial score (nSPS) is 20.6. The molecule has 3 aromatic carbocycles. The maximum absolute atomic E-state index is 13.7. The molecule has 0 aromatic heterocycles. The minimum absolute atomic E-state index is 0.0670. The van der Waals surface area contributed by atoms with Crippen molar-refractivity contribution in [3.8, 4) is 11.5 Å². The van der Waals surface area contributed by atoms with Crippen LogP contribution in [0.25, 0.3) is 0 Å². The summed E-state index contributed by atoms with van der Waals surface area (Å²) in [7, 11) is 2.48. The molecule has 2 aliphatic heterocycles. The van der Waals surface area contributed by atoms with Crippen LogP contribution >= 0.6 is 0 Å². The minimum atomic E-state index is -1.47. The topological polar surface area (TPSA) is 105 Å². The van der Waals surface area contributed by atoms with E-state index in [2.05, 4.69) is 13.2 Å². The highest BCUT2D eigenvalue weighted by atomic mass is 16.6. The van der Waals surface area contributed by atoms with E-state index in [0.717, 1.165) is 0 Å². The maximum atomic E-state index is 13.7. The third-order valence-corrected chi connectivity index (χ3v) is 7.54. The first-order chi connectivity index (χ1) is 19.2. The molecule has 202 valence electrons. The van der Waals surface area contributed by atoms with E-state index < -0.39 is 34.7 Å². The van der Waals surface area contributed by atoms with Crippen LogP contribution in [-0.2, 0) is 39.5 Å². The number of carbonyl (C=O) groups is 4. The Morgan fingerprint density at radius 3 is 1.40 bits per heavy atom. The van der Waals surface area contributed by atoms with Gasteiger partial charge in [0.2, 0.25) is 0 Å². The van der Waals surface area contributed by atoms with Crippen molar-refractivity contribution in [3.63, 3.8) is 0 Å². The van der Waals surface area contributed by atoms with Gasteiger partial charge in [-0.25, -0.2) is 9.59 Å². The van der Waals surface area contributed by atoms with Gasteiger partial charge < -0.3 is 18.9 Å². The van der Waals surface area contributed by atoms with E-state index in [-0.39, 0.29) is 35.5 Å². The molecule has 5 rings (SSSR count). The Balaban J connectivity index is 1.78. The Labute approximate surface area is 230 Å². The molecule has 0 fully saturated rings.